The molecule has 0 radical (unpaired) electrons. The molecule has 1 unspecified atom stereocenters. The number of rotatable bonds is 3. The summed E-state index contributed by atoms with van der Waals surface area (Å²) in [5.74, 6) is -0.113. The van der Waals surface area contributed by atoms with Crippen molar-refractivity contribution >= 4 is 46.1 Å². The van der Waals surface area contributed by atoms with Crippen molar-refractivity contribution in [3.8, 4) is 0 Å². The molecule has 1 saturated heterocycles. The quantitative estimate of drug-likeness (QED) is 0.837. The third-order valence-corrected chi connectivity index (χ3v) is 4.13. The Labute approximate surface area is 119 Å². The Hall–Kier alpha value is -1.01. The highest BCUT2D eigenvalue weighted by Crippen LogP contribution is 2.32. The third-order valence-electron chi connectivity index (χ3n) is 2.95. The van der Waals surface area contributed by atoms with Crippen molar-refractivity contribution in [2.75, 3.05) is 17.2 Å². The van der Waals surface area contributed by atoms with Gasteiger partial charge in [0, 0.05) is 17.4 Å². The van der Waals surface area contributed by atoms with Gasteiger partial charge in [-0.3, -0.25) is 4.79 Å². The molecule has 1 aliphatic rings. The number of carboxylic acids is 1. The van der Waals surface area contributed by atoms with E-state index < -0.39 is 5.97 Å². The summed E-state index contributed by atoms with van der Waals surface area (Å²) in [7, 11) is 0. The van der Waals surface area contributed by atoms with E-state index in [4.69, 9.17) is 5.11 Å². The van der Waals surface area contributed by atoms with Crippen LogP contribution in [0.4, 0.5) is 5.69 Å². The van der Waals surface area contributed by atoms with Crippen molar-refractivity contribution in [1.82, 2.24) is 0 Å². The highest BCUT2D eigenvalue weighted by Gasteiger charge is 2.31. The van der Waals surface area contributed by atoms with Crippen molar-refractivity contribution in [1.29, 1.82) is 0 Å². The van der Waals surface area contributed by atoms with Crippen molar-refractivity contribution in [3.63, 3.8) is 0 Å². The second-order valence-electron chi connectivity index (χ2n) is 4.23. The number of halogens is 1. The van der Waals surface area contributed by atoms with E-state index in [1.165, 1.54) is 12.1 Å². The van der Waals surface area contributed by atoms with E-state index in [0.717, 1.165) is 4.47 Å². The maximum absolute atomic E-state index is 11.9. The summed E-state index contributed by atoms with van der Waals surface area (Å²) in [4.78, 5) is 24.5. The van der Waals surface area contributed by atoms with Gasteiger partial charge >= 0.3 is 5.97 Å². The second kappa shape index (κ2) is 5.32. The zero-order chi connectivity index (χ0) is 13.3. The highest BCUT2D eigenvalue weighted by atomic mass is 79.9. The molecule has 1 aliphatic heterocycles. The fourth-order valence-corrected chi connectivity index (χ4v) is 2.69. The largest absolute Gasteiger partial charge is 0.478 e. The van der Waals surface area contributed by atoms with Crippen LogP contribution in [0.2, 0.25) is 0 Å². The summed E-state index contributed by atoms with van der Waals surface area (Å²) in [5, 5.41) is 8.98. The van der Waals surface area contributed by atoms with Gasteiger partial charge in [0.2, 0.25) is 5.91 Å². The molecular formula is C12H12BrNO3S. The molecule has 1 fully saturated rings. The molecule has 6 heteroatoms. The minimum atomic E-state index is -0.999. The summed E-state index contributed by atoms with van der Waals surface area (Å²) < 4.78 is 0.723. The maximum Gasteiger partial charge on any atom is 0.335 e. The smallest absolute Gasteiger partial charge is 0.335 e. The molecule has 18 heavy (non-hydrogen) atoms. The van der Waals surface area contributed by atoms with E-state index in [1.54, 1.807) is 11.0 Å². The van der Waals surface area contributed by atoms with E-state index >= 15 is 0 Å². The van der Waals surface area contributed by atoms with E-state index in [2.05, 4.69) is 28.6 Å². The van der Waals surface area contributed by atoms with E-state index in [0.29, 0.717) is 24.4 Å². The minimum Gasteiger partial charge on any atom is -0.478 e. The number of benzene rings is 1. The number of carboxylic acid groups (broad SMARTS) is 1. The van der Waals surface area contributed by atoms with Crippen LogP contribution in [0.15, 0.2) is 22.7 Å². The highest BCUT2D eigenvalue weighted by molar-refractivity contribution is 9.10. The lowest BCUT2D eigenvalue weighted by molar-refractivity contribution is -0.117. The molecule has 2 rings (SSSR count). The van der Waals surface area contributed by atoms with E-state index in [-0.39, 0.29) is 17.4 Å². The van der Waals surface area contributed by atoms with Crippen LogP contribution in [0.1, 0.15) is 16.8 Å². The van der Waals surface area contributed by atoms with Crippen LogP contribution >= 0.6 is 28.6 Å². The maximum atomic E-state index is 11.9. The number of hydrogen-bond acceptors (Lipinski definition) is 3. The average molecular weight is 330 g/mol. The van der Waals surface area contributed by atoms with Crippen LogP contribution in [0, 0.1) is 5.92 Å². The number of aromatic carboxylic acids is 1. The number of nitrogens with zero attached hydrogens (tertiary/aromatic N) is 1. The Kier molecular flexibility index (Phi) is 3.97. The molecule has 1 aromatic rings. The van der Waals surface area contributed by atoms with Gasteiger partial charge in [0.1, 0.15) is 0 Å². The summed E-state index contributed by atoms with van der Waals surface area (Å²) in [6.07, 6.45) is 0.466. The van der Waals surface area contributed by atoms with Gasteiger partial charge < -0.3 is 10.0 Å². The molecule has 1 aromatic carbocycles. The zero-order valence-electron chi connectivity index (χ0n) is 9.47. The topological polar surface area (TPSA) is 57.6 Å². The van der Waals surface area contributed by atoms with Gasteiger partial charge in [-0.2, -0.15) is 12.6 Å². The zero-order valence-corrected chi connectivity index (χ0v) is 11.9. The van der Waals surface area contributed by atoms with E-state index in [1.807, 2.05) is 0 Å². The molecule has 96 valence electrons. The first-order valence-corrected chi connectivity index (χ1v) is 6.89. The lowest BCUT2D eigenvalue weighted by Crippen LogP contribution is -2.25. The Morgan fingerprint density at radius 3 is 2.83 bits per heavy atom. The van der Waals surface area contributed by atoms with Crippen LogP contribution in [0.3, 0.4) is 0 Å². The normalized spacial score (nSPS) is 19.3. The Bertz CT molecular complexity index is 506. The molecule has 0 aromatic heterocycles. The van der Waals surface area contributed by atoms with Gasteiger partial charge in [0.25, 0.3) is 0 Å². The predicted octanol–water partition coefficient (Wildman–Crippen LogP) is 2.43. The number of carbonyl (C=O) groups is 2. The Morgan fingerprint density at radius 1 is 1.56 bits per heavy atom. The van der Waals surface area contributed by atoms with Crippen LogP contribution in [0.5, 0.6) is 0 Å². The van der Waals surface area contributed by atoms with Gasteiger partial charge in [0.15, 0.2) is 0 Å². The lowest BCUT2D eigenvalue weighted by atomic mass is 10.1. The lowest BCUT2D eigenvalue weighted by Gasteiger charge is -2.18. The summed E-state index contributed by atoms with van der Waals surface area (Å²) in [5.41, 5.74) is 0.791. The van der Waals surface area contributed by atoms with Crippen LogP contribution in [-0.4, -0.2) is 29.3 Å². The van der Waals surface area contributed by atoms with E-state index in [9.17, 15) is 9.59 Å². The molecule has 1 atom stereocenters. The number of amides is 1. The second-order valence-corrected chi connectivity index (χ2v) is 5.45. The first kappa shape index (κ1) is 13.4. The average Bonchev–Trinajstić information content (AvgIpc) is 2.71. The third kappa shape index (κ3) is 2.54. The first-order valence-electron chi connectivity index (χ1n) is 5.47. The molecule has 0 bridgehead atoms. The summed E-state index contributed by atoms with van der Waals surface area (Å²) in [6.45, 7) is 0.587. The fraction of sp³-hybridized carbons (Fsp3) is 0.333. The number of anilines is 1. The molecule has 0 aliphatic carbocycles. The van der Waals surface area contributed by atoms with Crippen molar-refractivity contribution in [2.24, 2.45) is 5.92 Å². The fourth-order valence-electron chi connectivity index (χ4n) is 1.99. The molecule has 0 spiro atoms. The standard InChI is InChI=1S/C12H12BrNO3S/c13-9-2-1-8(12(16)17)4-10(9)14-5-7(6-18)3-11(14)15/h1-2,4,7,18H,3,5-6H2,(H,16,17). The van der Waals surface area contributed by atoms with Gasteiger partial charge in [-0.15, -0.1) is 0 Å². The molecule has 1 amide bonds. The van der Waals surface area contributed by atoms with Crippen LogP contribution in [-0.2, 0) is 4.79 Å². The van der Waals surface area contributed by atoms with Gasteiger partial charge in [-0.1, -0.05) is 0 Å². The molecule has 1 N–H and O–H groups in total. The monoisotopic (exact) mass is 329 g/mol. The molecule has 0 saturated carbocycles. The van der Waals surface area contributed by atoms with Gasteiger partial charge in [0.05, 0.1) is 11.3 Å². The Morgan fingerprint density at radius 2 is 2.28 bits per heavy atom. The number of thiol groups is 1. The Balaban J connectivity index is 2.35. The van der Waals surface area contributed by atoms with Crippen molar-refractivity contribution < 1.29 is 14.7 Å². The summed E-state index contributed by atoms with van der Waals surface area (Å²) in [6, 6.07) is 4.68. The molecule has 1 heterocycles. The first-order chi connectivity index (χ1) is 8.52. The van der Waals surface area contributed by atoms with Crippen LogP contribution in [0.25, 0.3) is 0 Å². The van der Waals surface area contributed by atoms with Gasteiger partial charge in [-0.25, -0.2) is 4.79 Å². The number of carbonyl (C=O) groups excluding carboxylic acids is 1. The SMILES string of the molecule is O=C(O)c1ccc(Br)c(N2CC(CS)CC2=O)c1. The molecule has 4 nitrogen and oxygen atoms in total. The van der Waals surface area contributed by atoms with Crippen LogP contribution < -0.4 is 4.90 Å². The number of hydrogen-bond donors (Lipinski definition) is 2. The molecular weight excluding hydrogens is 318 g/mol. The van der Waals surface area contributed by atoms with Gasteiger partial charge in [-0.05, 0) is 45.8 Å². The predicted molar refractivity (Wildman–Crippen MR) is 75.4 cm³/mol. The van der Waals surface area contributed by atoms with Crippen molar-refractivity contribution in [2.45, 2.75) is 6.42 Å². The summed E-state index contributed by atoms with van der Waals surface area (Å²) >= 11 is 7.56. The van der Waals surface area contributed by atoms with Crippen molar-refractivity contribution in [3.05, 3.63) is 28.2 Å². The minimum absolute atomic E-state index is 0.0114.